The zero-order chi connectivity index (χ0) is 17.4. The molecule has 9 nitrogen and oxygen atoms in total. The Morgan fingerprint density at radius 1 is 1.04 bits per heavy atom. The first-order chi connectivity index (χ1) is 11.4. The Hall–Kier alpha value is -3.49. The average Bonchev–Trinajstić information content (AvgIpc) is 2.80. The molecule has 0 aromatic heterocycles. The van der Waals surface area contributed by atoms with Crippen LogP contribution in [0.15, 0.2) is 29.8 Å². The number of fused-ring (bicyclic) bond motifs is 1. The molecule has 1 aromatic carbocycles. The zero-order valence-corrected chi connectivity index (χ0v) is 12.4. The molecule has 0 unspecified atom stereocenters. The van der Waals surface area contributed by atoms with E-state index in [2.05, 4.69) is 4.74 Å². The lowest BCUT2D eigenvalue weighted by Crippen LogP contribution is -2.52. The number of urea groups is 1. The summed E-state index contributed by atoms with van der Waals surface area (Å²) in [4.78, 5) is 60.6. The van der Waals surface area contributed by atoms with Crippen LogP contribution < -0.4 is 15.5 Å². The number of rotatable bonds is 2. The van der Waals surface area contributed by atoms with E-state index in [-0.39, 0.29) is 12.1 Å². The number of para-hydroxylation sites is 1. The summed E-state index contributed by atoms with van der Waals surface area (Å²) >= 11 is 0. The van der Waals surface area contributed by atoms with Gasteiger partial charge in [0, 0.05) is 5.56 Å². The van der Waals surface area contributed by atoms with E-state index in [0.717, 1.165) is 4.90 Å². The third-order valence-corrected chi connectivity index (χ3v) is 3.60. The number of nitrogens with zero attached hydrogens (tertiary/aromatic N) is 1. The number of ether oxygens (including phenoxy) is 1. The summed E-state index contributed by atoms with van der Waals surface area (Å²) in [5, 5.41) is 3.85. The van der Waals surface area contributed by atoms with Crippen molar-refractivity contribution >= 4 is 41.0 Å². The minimum Gasteiger partial charge on any atom is -0.468 e. The molecule has 24 heavy (non-hydrogen) atoms. The molecule has 0 atom stereocenters. The molecular weight excluding hydrogens is 318 g/mol. The predicted molar refractivity (Wildman–Crippen MR) is 79.4 cm³/mol. The number of carbonyl (C=O) groups excluding carboxylic acids is 5. The number of methoxy groups -OCH3 is 1. The van der Waals surface area contributed by atoms with Gasteiger partial charge < -0.3 is 4.74 Å². The number of anilines is 1. The van der Waals surface area contributed by atoms with Gasteiger partial charge in [-0.05, 0) is 6.07 Å². The zero-order valence-electron chi connectivity index (χ0n) is 12.4. The van der Waals surface area contributed by atoms with Gasteiger partial charge in [-0.1, -0.05) is 18.2 Å². The number of barbiturate groups is 1. The fourth-order valence-electron chi connectivity index (χ4n) is 2.56. The number of benzene rings is 1. The molecule has 1 aromatic rings. The lowest BCUT2D eigenvalue weighted by atomic mass is 9.99. The molecule has 3 rings (SSSR count). The normalized spacial score (nSPS) is 16.8. The lowest BCUT2D eigenvalue weighted by Gasteiger charge is -2.17. The second-order valence-electron chi connectivity index (χ2n) is 4.97. The van der Waals surface area contributed by atoms with Crippen LogP contribution >= 0.6 is 0 Å². The Morgan fingerprint density at radius 2 is 1.67 bits per heavy atom. The van der Waals surface area contributed by atoms with Crippen LogP contribution in [0.5, 0.6) is 0 Å². The van der Waals surface area contributed by atoms with Gasteiger partial charge in [0.1, 0.15) is 12.1 Å². The monoisotopic (exact) mass is 329 g/mol. The van der Waals surface area contributed by atoms with Crippen molar-refractivity contribution in [1.82, 2.24) is 10.6 Å². The highest BCUT2D eigenvalue weighted by Gasteiger charge is 2.41. The highest BCUT2D eigenvalue weighted by Crippen LogP contribution is 2.38. The smallest absolute Gasteiger partial charge is 0.328 e. The molecule has 1 saturated heterocycles. The molecule has 0 spiro atoms. The molecule has 122 valence electrons. The number of nitrogens with one attached hydrogen (secondary N) is 2. The molecule has 5 amide bonds. The maximum Gasteiger partial charge on any atom is 0.328 e. The van der Waals surface area contributed by atoms with Gasteiger partial charge in [-0.2, -0.15) is 0 Å². The largest absolute Gasteiger partial charge is 0.468 e. The van der Waals surface area contributed by atoms with Gasteiger partial charge in [-0.3, -0.25) is 34.7 Å². The van der Waals surface area contributed by atoms with Crippen molar-refractivity contribution in [2.24, 2.45) is 0 Å². The van der Waals surface area contributed by atoms with Crippen molar-refractivity contribution in [3.05, 3.63) is 35.4 Å². The molecule has 0 radical (unpaired) electrons. The fraction of sp³-hybridized carbons (Fsp3) is 0.133. The predicted octanol–water partition coefficient (Wildman–Crippen LogP) is -0.674. The van der Waals surface area contributed by atoms with E-state index in [0.29, 0.717) is 11.3 Å². The molecule has 0 saturated carbocycles. The molecule has 2 aliphatic rings. The molecule has 1 fully saturated rings. The Morgan fingerprint density at radius 3 is 2.29 bits per heavy atom. The van der Waals surface area contributed by atoms with E-state index in [1.54, 1.807) is 24.3 Å². The number of hydrogen-bond acceptors (Lipinski definition) is 6. The highest BCUT2D eigenvalue weighted by molar-refractivity contribution is 6.44. The summed E-state index contributed by atoms with van der Waals surface area (Å²) in [7, 11) is 1.18. The maximum absolute atomic E-state index is 12.7. The standard InChI is InChI=1S/C15H11N3O6/c1-24-9(19)6-18-8-5-3-2-4-7(8)10(14(18)22)11-12(20)16-15(23)17-13(11)21/h2-5H,6H2,1H3,(H2,16,17,20,21,23). The highest BCUT2D eigenvalue weighted by atomic mass is 16.5. The van der Waals surface area contributed by atoms with Crippen molar-refractivity contribution in [2.75, 3.05) is 18.6 Å². The lowest BCUT2D eigenvalue weighted by molar-refractivity contribution is -0.139. The molecule has 9 heteroatoms. The summed E-state index contributed by atoms with van der Waals surface area (Å²) in [5.74, 6) is -3.29. The Labute approximate surface area is 135 Å². The number of amides is 5. The van der Waals surface area contributed by atoms with Crippen LogP contribution in [0.25, 0.3) is 5.57 Å². The topological polar surface area (TPSA) is 122 Å². The molecule has 0 bridgehead atoms. The quantitative estimate of drug-likeness (QED) is 0.421. The average molecular weight is 329 g/mol. The van der Waals surface area contributed by atoms with Crippen molar-refractivity contribution in [3.63, 3.8) is 0 Å². The van der Waals surface area contributed by atoms with Gasteiger partial charge in [-0.15, -0.1) is 0 Å². The van der Waals surface area contributed by atoms with Crippen LogP contribution in [0, 0.1) is 0 Å². The van der Waals surface area contributed by atoms with Gasteiger partial charge >= 0.3 is 12.0 Å². The van der Waals surface area contributed by atoms with Crippen LogP contribution in [0.3, 0.4) is 0 Å². The van der Waals surface area contributed by atoms with E-state index < -0.39 is 35.3 Å². The van der Waals surface area contributed by atoms with Gasteiger partial charge in [0.2, 0.25) is 0 Å². The van der Waals surface area contributed by atoms with E-state index in [9.17, 15) is 24.0 Å². The van der Waals surface area contributed by atoms with Gasteiger partial charge in [0.05, 0.1) is 18.4 Å². The first kappa shape index (κ1) is 15.4. The molecule has 2 heterocycles. The number of hydrogen-bond donors (Lipinski definition) is 2. The summed E-state index contributed by atoms with van der Waals surface area (Å²) in [5.41, 5.74) is 0.0466. The van der Waals surface area contributed by atoms with E-state index in [4.69, 9.17) is 0 Å². The first-order valence-corrected chi connectivity index (χ1v) is 6.83. The number of esters is 1. The summed E-state index contributed by atoms with van der Waals surface area (Å²) in [6.45, 7) is -0.370. The number of imide groups is 2. The minimum absolute atomic E-state index is 0.169. The Balaban J connectivity index is 2.16. The van der Waals surface area contributed by atoms with Crippen molar-refractivity contribution in [2.45, 2.75) is 0 Å². The summed E-state index contributed by atoms with van der Waals surface area (Å²) < 4.78 is 4.56. The van der Waals surface area contributed by atoms with Gasteiger partial charge in [0.15, 0.2) is 0 Å². The second kappa shape index (κ2) is 5.61. The van der Waals surface area contributed by atoms with Crippen LogP contribution in [0.4, 0.5) is 10.5 Å². The summed E-state index contributed by atoms with van der Waals surface area (Å²) in [6.07, 6.45) is 0. The molecule has 2 N–H and O–H groups in total. The maximum atomic E-state index is 12.7. The third kappa shape index (κ3) is 2.32. The Kier molecular flexibility index (Phi) is 3.60. The van der Waals surface area contributed by atoms with E-state index in [1.165, 1.54) is 7.11 Å². The second-order valence-corrected chi connectivity index (χ2v) is 4.97. The van der Waals surface area contributed by atoms with Crippen molar-refractivity contribution < 1.29 is 28.7 Å². The van der Waals surface area contributed by atoms with Crippen LogP contribution in [-0.4, -0.2) is 43.4 Å². The molecule has 2 aliphatic heterocycles. The SMILES string of the molecule is COC(=O)CN1C(=O)C(=C2C(=O)NC(=O)NC2=O)c2ccccc21. The van der Waals surface area contributed by atoms with Crippen molar-refractivity contribution in [1.29, 1.82) is 0 Å². The first-order valence-electron chi connectivity index (χ1n) is 6.83. The van der Waals surface area contributed by atoms with Crippen LogP contribution in [-0.2, 0) is 23.9 Å². The number of carbonyl (C=O) groups is 5. The fourth-order valence-corrected chi connectivity index (χ4v) is 2.56. The summed E-state index contributed by atoms with van der Waals surface area (Å²) in [6, 6.07) is 5.43. The molecule has 0 aliphatic carbocycles. The van der Waals surface area contributed by atoms with Crippen LogP contribution in [0.1, 0.15) is 5.56 Å². The minimum atomic E-state index is -0.971. The van der Waals surface area contributed by atoms with E-state index >= 15 is 0 Å². The third-order valence-electron chi connectivity index (χ3n) is 3.60. The van der Waals surface area contributed by atoms with E-state index in [1.807, 2.05) is 10.6 Å². The molecular formula is C15H11N3O6. The van der Waals surface area contributed by atoms with Gasteiger partial charge in [0.25, 0.3) is 17.7 Å². The van der Waals surface area contributed by atoms with Crippen molar-refractivity contribution in [3.8, 4) is 0 Å². The Bertz CT molecular complexity index is 819. The van der Waals surface area contributed by atoms with Gasteiger partial charge in [-0.25, -0.2) is 4.79 Å². The van der Waals surface area contributed by atoms with Crippen LogP contribution in [0.2, 0.25) is 0 Å².